The molecular weight excluding hydrogens is 546 g/mol. The van der Waals surface area contributed by atoms with Crippen LogP contribution in [0, 0.1) is 5.92 Å². The molecule has 0 spiro atoms. The van der Waals surface area contributed by atoms with E-state index in [1.165, 1.54) is 0 Å². The zero-order valence-electron chi connectivity index (χ0n) is 23.8. The van der Waals surface area contributed by atoms with Crippen LogP contribution in [0.15, 0.2) is 35.5 Å². The van der Waals surface area contributed by atoms with Gasteiger partial charge in [-0.25, -0.2) is 4.79 Å². The van der Waals surface area contributed by atoms with E-state index in [0.29, 0.717) is 6.42 Å². The van der Waals surface area contributed by atoms with Crippen molar-refractivity contribution in [1.82, 2.24) is 20.9 Å². The normalized spacial score (nSPS) is 13.9. The van der Waals surface area contributed by atoms with Gasteiger partial charge in [0.1, 0.15) is 18.1 Å². The van der Waals surface area contributed by atoms with Crippen LogP contribution < -0.4 is 38.9 Å². The number of amides is 4. The van der Waals surface area contributed by atoms with Gasteiger partial charge in [-0.05, 0) is 36.8 Å². The van der Waals surface area contributed by atoms with Crippen molar-refractivity contribution in [3.63, 3.8) is 0 Å². The summed E-state index contributed by atoms with van der Waals surface area (Å²) in [6.07, 6.45) is 2.00. The van der Waals surface area contributed by atoms with Gasteiger partial charge >= 0.3 is 5.97 Å². The smallest absolute Gasteiger partial charge is 0.326 e. The lowest BCUT2D eigenvalue weighted by Crippen LogP contribution is -2.58. The number of guanidine groups is 1. The summed E-state index contributed by atoms with van der Waals surface area (Å²) in [6.45, 7) is 3.91. The van der Waals surface area contributed by atoms with Crippen LogP contribution in [0.1, 0.15) is 45.1 Å². The van der Waals surface area contributed by atoms with Crippen molar-refractivity contribution in [3.05, 3.63) is 36.0 Å². The van der Waals surface area contributed by atoms with Crippen LogP contribution in [0.2, 0.25) is 0 Å². The van der Waals surface area contributed by atoms with Gasteiger partial charge in [0, 0.05) is 30.1 Å². The summed E-state index contributed by atoms with van der Waals surface area (Å²) >= 11 is 0. The zero-order valence-corrected chi connectivity index (χ0v) is 23.8. The molecular formula is C27H41N9O6. The summed E-state index contributed by atoms with van der Waals surface area (Å²) in [7, 11) is 0. The summed E-state index contributed by atoms with van der Waals surface area (Å²) in [5.74, 6) is -4.59. The first-order valence-electron chi connectivity index (χ1n) is 13.6. The van der Waals surface area contributed by atoms with Crippen LogP contribution in [0.4, 0.5) is 0 Å². The van der Waals surface area contributed by atoms with Gasteiger partial charge in [-0.15, -0.1) is 0 Å². The number of H-pyrrole nitrogens is 1. The lowest BCUT2D eigenvalue weighted by Gasteiger charge is -2.26. The third-order valence-corrected chi connectivity index (χ3v) is 6.40. The quantitative estimate of drug-likeness (QED) is 0.0594. The number of aromatic nitrogens is 1. The molecule has 2 rings (SSSR count). The monoisotopic (exact) mass is 587 g/mol. The number of nitrogens with one attached hydrogen (secondary N) is 4. The molecule has 1 heterocycles. The van der Waals surface area contributed by atoms with Gasteiger partial charge in [-0.1, -0.05) is 32.0 Å². The SMILES string of the molecule is CC(C)CC(NC(=O)C(Cc1c[nH]c2ccccc12)NC(=O)C(N)CCCN=C(N)N)C(=O)NC(CC(N)=O)C(=O)O. The molecule has 4 atom stereocenters. The molecule has 0 saturated carbocycles. The molecule has 2 aromatic rings. The Morgan fingerprint density at radius 1 is 0.929 bits per heavy atom. The van der Waals surface area contributed by atoms with Crippen LogP contribution in [-0.2, 0) is 30.4 Å². The van der Waals surface area contributed by atoms with Crippen molar-refractivity contribution in [2.75, 3.05) is 6.54 Å². The molecule has 230 valence electrons. The number of carbonyl (C=O) groups is 5. The maximum atomic E-state index is 13.6. The molecule has 0 bridgehead atoms. The Kier molecular flexibility index (Phi) is 12.7. The number of fused-ring (bicyclic) bond motifs is 1. The van der Waals surface area contributed by atoms with Crippen molar-refractivity contribution in [3.8, 4) is 0 Å². The number of nitrogens with two attached hydrogens (primary N) is 4. The predicted molar refractivity (Wildman–Crippen MR) is 157 cm³/mol. The average molecular weight is 588 g/mol. The van der Waals surface area contributed by atoms with E-state index in [4.69, 9.17) is 22.9 Å². The molecule has 4 amide bonds. The standard InChI is InChI=1S/C27H41N9O6/c1-14(2)10-19(24(39)36-21(26(41)42)12-22(29)37)35-25(40)20(11-15-13-33-18-8-4-3-6-16(15)18)34-23(38)17(28)7-5-9-32-27(30)31/h3-4,6,8,13-14,17,19-21,33H,5,7,9-12,28H2,1-2H3,(H2,29,37)(H,34,38)(H,35,40)(H,36,39)(H,41,42)(H4,30,31,32). The van der Waals surface area contributed by atoms with E-state index in [-0.39, 0.29) is 37.7 Å². The third-order valence-electron chi connectivity index (χ3n) is 6.40. The minimum Gasteiger partial charge on any atom is -0.480 e. The number of hydrogen-bond acceptors (Lipinski definition) is 7. The van der Waals surface area contributed by atoms with E-state index >= 15 is 0 Å². The number of aliphatic carboxylic acids is 1. The van der Waals surface area contributed by atoms with Crippen LogP contribution in [0.25, 0.3) is 10.9 Å². The number of carboxylic acids is 1. The Balaban J connectivity index is 2.27. The van der Waals surface area contributed by atoms with Crippen molar-refractivity contribution < 1.29 is 29.1 Å². The maximum Gasteiger partial charge on any atom is 0.326 e. The second-order valence-electron chi connectivity index (χ2n) is 10.4. The largest absolute Gasteiger partial charge is 0.480 e. The van der Waals surface area contributed by atoms with Crippen molar-refractivity contribution >= 4 is 46.5 Å². The molecule has 15 heteroatoms. The number of rotatable bonds is 17. The van der Waals surface area contributed by atoms with Crippen molar-refractivity contribution in [2.45, 2.75) is 70.1 Å². The number of aliphatic imine (C=N–C) groups is 1. The first kappa shape index (κ1) is 33.5. The summed E-state index contributed by atoms with van der Waals surface area (Å²) in [6, 6.07) is 2.60. The average Bonchev–Trinajstić information content (AvgIpc) is 3.31. The molecule has 13 N–H and O–H groups in total. The highest BCUT2D eigenvalue weighted by molar-refractivity contribution is 5.95. The van der Waals surface area contributed by atoms with Gasteiger partial charge in [0.05, 0.1) is 12.5 Å². The van der Waals surface area contributed by atoms with Gasteiger partial charge in [0.25, 0.3) is 0 Å². The van der Waals surface area contributed by atoms with E-state index in [1.807, 2.05) is 38.1 Å². The molecule has 0 aliphatic rings. The molecule has 0 saturated heterocycles. The van der Waals surface area contributed by atoms with E-state index < -0.39 is 60.2 Å². The van der Waals surface area contributed by atoms with Gasteiger partial charge < -0.3 is 49.0 Å². The fourth-order valence-electron chi connectivity index (χ4n) is 4.31. The number of benzene rings is 1. The van der Waals surface area contributed by atoms with Crippen LogP contribution in [-0.4, -0.2) is 76.4 Å². The van der Waals surface area contributed by atoms with E-state index in [9.17, 15) is 29.1 Å². The highest BCUT2D eigenvalue weighted by atomic mass is 16.4. The number of primary amides is 1. The fourth-order valence-corrected chi connectivity index (χ4v) is 4.31. The number of aromatic amines is 1. The first-order valence-corrected chi connectivity index (χ1v) is 13.6. The number of carboxylic acid groups (broad SMARTS) is 1. The molecule has 0 fully saturated rings. The third kappa shape index (κ3) is 10.7. The number of hydrogen-bond donors (Lipinski definition) is 9. The van der Waals surface area contributed by atoms with E-state index in [1.54, 1.807) is 6.20 Å². The number of carbonyl (C=O) groups excluding carboxylic acids is 4. The fraction of sp³-hybridized carbons (Fsp3) is 0.481. The number of nitrogens with zero attached hydrogens (tertiary/aromatic N) is 1. The summed E-state index contributed by atoms with van der Waals surface area (Å²) in [5, 5.41) is 17.8. The summed E-state index contributed by atoms with van der Waals surface area (Å²) in [5.41, 5.74) is 23.4. The van der Waals surface area contributed by atoms with Gasteiger partial charge in [0.2, 0.25) is 23.6 Å². The highest BCUT2D eigenvalue weighted by Gasteiger charge is 2.31. The number of para-hydroxylation sites is 1. The molecule has 15 nitrogen and oxygen atoms in total. The second-order valence-corrected chi connectivity index (χ2v) is 10.4. The van der Waals surface area contributed by atoms with Gasteiger partial charge in [0.15, 0.2) is 5.96 Å². The lowest BCUT2D eigenvalue weighted by molar-refractivity contribution is -0.143. The molecule has 0 aliphatic heterocycles. The van der Waals surface area contributed by atoms with Crippen LogP contribution >= 0.6 is 0 Å². The van der Waals surface area contributed by atoms with Gasteiger partial charge in [-0.3, -0.25) is 24.2 Å². The Hall–Kier alpha value is -4.66. The van der Waals surface area contributed by atoms with Crippen molar-refractivity contribution in [2.24, 2.45) is 33.8 Å². The second kappa shape index (κ2) is 16.0. The zero-order chi connectivity index (χ0) is 31.4. The Morgan fingerprint density at radius 3 is 2.17 bits per heavy atom. The Bertz CT molecular complexity index is 1290. The minimum atomic E-state index is -1.57. The van der Waals surface area contributed by atoms with Gasteiger partial charge in [-0.2, -0.15) is 0 Å². The molecule has 42 heavy (non-hydrogen) atoms. The molecule has 0 aliphatic carbocycles. The molecule has 1 aromatic heterocycles. The summed E-state index contributed by atoms with van der Waals surface area (Å²) in [4.78, 5) is 69.5. The maximum absolute atomic E-state index is 13.6. The molecule has 4 unspecified atom stereocenters. The van der Waals surface area contributed by atoms with Crippen LogP contribution in [0.3, 0.4) is 0 Å². The Morgan fingerprint density at radius 2 is 1.55 bits per heavy atom. The van der Waals surface area contributed by atoms with Crippen molar-refractivity contribution in [1.29, 1.82) is 0 Å². The topological polar surface area (TPSA) is 274 Å². The first-order chi connectivity index (χ1) is 19.8. The molecule has 1 aromatic carbocycles. The highest BCUT2D eigenvalue weighted by Crippen LogP contribution is 2.19. The van der Waals surface area contributed by atoms with E-state index in [0.717, 1.165) is 16.5 Å². The molecule has 0 radical (unpaired) electrons. The predicted octanol–water partition coefficient (Wildman–Crippen LogP) is -1.45. The summed E-state index contributed by atoms with van der Waals surface area (Å²) < 4.78 is 0. The lowest BCUT2D eigenvalue weighted by atomic mass is 10.00. The van der Waals surface area contributed by atoms with E-state index in [2.05, 4.69) is 25.9 Å². The van der Waals surface area contributed by atoms with Crippen LogP contribution in [0.5, 0.6) is 0 Å². The minimum absolute atomic E-state index is 0.0672. The Labute approximate surface area is 243 Å².